The summed E-state index contributed by atoms with van der Waals surface area (Å²) in [5.41, 5.74) is 0.459. The van der Waals surface area contributed by atoms with Crippen LogP contribution >= 0.6 is 23.2 Å². The fraction of sp³-hybridized carbons (Fsp3) is 0.500. The van der Waals surface area contributed by atoms with Crippen LogP contribution in [0.5, 0.6) is 0 Å². The molecule has 2 unspecified atom stereocenters. The predicted molar refractivity (Wildman–Crippen MR) is 81.7 cm³/mol. The standard InChI is InChI=1S/C14H18Cl2N2O2/c1-17-11-4-2-3-5-13(11)20-14(19)18-12-8-9(15)6-7-10(12)16/h6-8,11,13,17H,2-5H2,1H3,(H,18,19). The van der Waals surface area contributed by atoms with E-state index in [4.69, 9.17) is 27.9 Å². The average molecular weight is 317 g/mol. The first kappa shape index (κ1) is 15.4. The second kappa shape index (κ2) is 7.16. The Labute approximate surface area is 128 Å². The normalized spacial score (nSPS) is 22.4. The van der Waals surface area contributed by atoms with E-state index >= 15 is 0 Å². The first-order valence-corrected chi connectivity index (χ1v) is 7.45. The number of hydrogen-bond acceptors (Lipinski definition) is 3. The molecule has 0 spiro atoms. The van der Waals surface area contributed by atoms with Crippen LogP contribution in [-0.4, -0.2) is 25.3 Å². The number of likely N-dealkylation sites (N-methyl/N-ethyl adjacent to an activating group) is 1. The molecule has 1 aromatic rings. The minimum absolute atomic E-state index is 0.105. The van der Waals surface area contributed by atoms with Crippen molar-refractivity contribution in [3.8, 4) is 0 Å². The van der Waals surface area contributed by atoms with E-state index in [0.717, 1.165) is 25.7 Å². The molecule has 0 aromatic heterocycles. The van der Waals surface area contributed by atoms with Crippen LogP contribution in [0.15, 0.2) is 18.2 Å². The molecule has 0 bridgehead atoms. The molecular weight excluding hydrogens is 299 g/mol. The summed E-state index contributed by atoms with van der Waals surface area (Å²) in [5, 5.41) is 6.77. The van der Waals surface area contributed by atoms with Gasteiger partial charge in [-0.3, -0.25) is 5.32 Å². The van der Waals surface area contributed by atoms with E-state index in [1.807, 2.05) is 7.05 Å². The molecule has 0 saturated heterocycles. The predicted octanol–water partition coefficient (Wildman–Crippen LogP) is 4.07. The third-order valence-corrected chi connectivity index (χ3v) is 4.06. The van der Waals surface area contributed by atoms with Gasteiger partial charge in [0.25, 0.3) is 0 Å². The average Bonchev–Trinajstić information content (AvgIpc) is 2.43. The second-order valence-corrected chi connectivity index (χ2v) is 5.72. The lowest BCUT2D eigenvalue weighted by atomic mass is 9.92. The fourth-order valence-electron chi connectivity index (χ4n) is 2.44. The van der Waals surface area contributed by atoms with Gasteiger partial charge in [-0.2, -0.15) is 0 Å². The smallest absolute Gasteiger partial charge is 0.411 e. The van der Waals surface area contributed by atoms with Crippen molar-refractivity contribution in [1.82, 2.24) is 5.32 Å². The summed E-state index contributed by atoms with van der Waals surface area (Å²) in [4.78, 5) is 11.9. The Morgan fingerprint density at radius 1 is 1.30 bits per heavy atom. The van der Waals surface area contributed by atoms with Crippen molar-refractivity contribution in [3.63, 3.8) is 0 Å². The van der Waals surface area contributed by atoms with Crippen LogP contribution in [0.4, 0.5) is 10.5 Å². The highest BCUT2D eigenvalue weighted by Gasteiger charge is 2.27. The van der Waals surface area contributed by atoms with E-state index in [1.54, 1.807) is 18.2 Å². The molecule has 2 N–H and O–H groups in total. The van der Waals surface area contributed by atoms with E-state index in [9.17, 15) is 4.79 Å². The molecule has 1 fully saturated rings. The Balaban J connectivity index is 1.96. The number of nitrogens with one attached hydrogen (secondary N) is 2. The van der Waals surface area contributed by atoms with E-state index in [-0.39, 0.29) is 12.1 Å². The van der Waals surface area contributed by atoms with Gasteiger partial charge in [-0.05, 0) is 44.5 Å². The molecule has 1 aliphatic carbocycles. The summed E-state index contributed by atoms with van der Waals surface area (Å²) in [7, 11) is 1.89. The Kier molecular flexibility index (Phi) is 5.52. The van der Waals surface area contributed by atoms with Crippen LogP contribution in [0.3, 0.4) is 0 Å². The van der Waals surface area contributed by atoms with Crippen LogP contribution in [0.25, 0.3) is 0 Å². The molecule has 1 aromatic carbocycles. The van der Waals surface area contributed by atoms with Crippen molar-refractivity contribution in [2.24, 2.45) is 0 Å². The first-order chi connectivity index (χ1) is 9.60. The highest BCUT2D eigenvalue weighted by atomic mass is 35.5. The molecule has 1 saturated carbocycles. The van der Waals surface area contributed by atoms with E-state index in [2.05, 4.69) is 10.6 Å². The molecule has 1 amide bonds. The molecule has 0 heterocycles. The number of amides is 1. The quantitative estimate of drug-likeness (QED) is 0.883. The van der Waals surface area contributed by atoms with Crippen LogP contribution in [0.1, 0.15) is 25.7 Å². The molecule has 110 valence electrons. The van der Waals surface area contributed by atoms with Gasteiger partial charge in [-0.1, -0.05) is 29.6 Å². The number of carbonyl (C=O) groups excluding carboxylic acids is 1. The lowest BCUT2D eigenvalue weighted by Gasteiger charge is -2.30. The Morgan fingerprint density at radius 2 is 2.05 bits per heavy atom. The van der Waals surface area contributed by atoms with Gasteiger partial charge < -0.3 is 10.1 Å². The van der Waals surface area contributed by atoms with Crippen molar-refractivity contribution in [2.45, 2.75) is 37.8 Å². The molecule has 4 nitrogen and oxygen atoms in total. The minimum Gasteiger partial charge on any atom is -0.444 e. The third kappa shape index (κ3) is 4.01. The lowest BCUT2D eigenvalue weighted by molar-refractivity contribution is 0.0640. The maximum atomic E-state index is 11.9. The zero-order valence-electron chi connectivity index (χ0n) is 11.3. The van der Waals surface area contributed by atoms with Gasteiger partial charge in [0.2, 0.25) is 0 Å². The summed E-state index contributed by atoms with van der Waals surface area (Å²) >= 11 is 11.9. The Hall–Kier alpha value is -0.970. The molecule has 6 heteroatoms. The molecule has 2 atom stereocenters. The van der Waals surface area contributed by atoms with Gasteiger partial charge in [0.1, 0.15) is 6.10 Å². The van der Waals surface area contributed by atoms with Crippen molar-refractivity contribution in [1.29, 1.82) is 0 Å². The molecule has 0 radical (unpaired) electrons. The summed E-state index contributed by atoms with van der Waals surface area (Å²) in [5.74, 6) is 0. The third-order valence-electron chi connectivity index (χ3n) is 3.50. The van der Waals surface area contributed by atoms with Gasteiger partial charge in [0.05, 0.1) is 10.7 Å². The van der Waals surface area contributed by atoms with Crippen LogP contribution in [0.2, 0.25) is 10.0 Å². The first-order valence-electron chi connectivity index (χ1n) is 6.70. The summed E-state index contributed by atoms with van der Waals surface area (Å²) in [6, 6.07) is 5.11. The molecule has 20 heavy (non-hydrogen) atoms. The zero-order chi connectivity index (χ0) is 14.5. The highest BCUT2D eigenvalue weighted by Crippen LogP contribution is 2.26. The Morgan fingerprint density at radius 3 is 2.80 bits per heavy atom. The topological polar surface area (TPSA) is 50.4 Å². The SMILES string of the molecule is CNC1CCCCC1OC(=O)Nc1cc(Cl)ccc1Cl. The highest BCUT2D eigenvalue weighted by molar-refractivity contribution is 6.35. The van der Waals surface area contributed by atoms with Gasteiger partial charge in [-0.15, -0.1) is 0 Å². The van der Waals surface area contributed by atoms with Crippen LogP contribution in [0, 0.1) is 0 Å². The van der Waals surface area contributed by atoms with Crippen molar-refractivity contribution >= 4 is 35.0 Å². The van der Waals surface area contributed by atoms with Gasteiger partial charge in [0.15, 0.2) is 0 Å². The lowest BCUT2D eigenvalue weighted by Crippen LogP contribution is -2.43. The number of anilines is 1. The number of benzene rings is 1. The fourth-order valence-corrected chi connectivity index (χ4v) is 2.78. The maximum Gasteiger partial charge on any atom is 0.411 e. The molecule has 0 aliphatic heterocycles. The summed E-state index contributed by atoms with van der Waals surface area (Å²) in [6.45, 7) is 0. The largest absolute Gasteiger partial charge is 0.444 e. The van der Waals surface area contributed by atoms with Crippen LogP contribution < -0.4 is 10.6 Å². The molecule has 1 aliphatic rings. The number of halogens is 2. The number of hydrogen-bond donors (Lipinski definition) is 2. The number of rotatable bonds is 3. The van der Waals surface area contributed by atoms with Gasteiger partial charge in [0, 0.05) is 11.1 Å². The van der Waals surface area contributed by atoms with E-state index in [0.29, 0.717) is 15.7 Å². The summed E-state index contributed by atoms with van der Waals surface area (Å²) < 4.78 is 5.48. The Bertz CT molecular complexity index is 482. The molecular formula is C14H18Cl2N2O2. The van der Waals surface area contributed by atoms with Crippen LogP contribution in [-0.2, 0) is 4.74 Å². The van der Waals surface area contributed by atoms with Crippen molar-refractivity contribution < 1.29 is 9.53 Å². The van der Waals surface area contributed by atoms with Crippen molar-refractivity contribution in [3.05, 3.63) is 28.2 Å². The summed E-state index contributed by atoms with van der Waals surface area (Å²) in [6.07, 6.45) is 3.53. The van der Waals surface area contributed by atoms with Crippen molar-refractivity contribution in [2.75, 3.05) is 12.4 Å². The van der Waals surface area contributed by atoms with Gasteiger partial charge >= 0.3 is 6.09 Å². The second-order valence-electron chi connectivity index (χ2n) is 4.87. The maximum absolute atomic E-state index is 11.9. The van der Waals surface area contributed by atoms with Gasteiger partial charge in [-0.25, -0.2) is 4.79 Å². The zero-order valence-corrected chi connectivity index (χ0v) is 12.8. The molecule has 2 rings (SSSR count). The minimum atomic E-state index is -0.499. The number of ether oxygens (including phenoxy) is 1. The van der Waals surface area contributed by atoms with E-state index in [1.165, 1.54) is 0 Å². The van der Waals surface area contributed by atoms with E-state index < -0.39 is 6.09 Å². The number of carbonyl (C=O) groups is 1. The monoisotopic (exact) mass is 316 g/mol.